The lowest BCUT2D eigenvalue weighted by atomic mass is 10.1. The van der Waals surface area contributed by atoms with Crippen LogP contribution in [-0.2, 0) is 4.79 Å². The highest BCUT2D eigenvalue weighted by molar-refractivity contribution is 7.10. The highest BCUT2D eigenvalue weighted by Gasteiger charge is 2.18. The van der Waals surface area contributed by atoms with E-state index in [0.717, 1.165) is 11.4 Å². The Hall–Kier alpha value is -2.53. The third-order valence-corrected chi connectivity index (χ3v) is 4.66. The zero-order chi connectivity index (χ0) is 16.8. The number of carbonyl (C=O) groups is 1. The van der Waals surface area contributed by atoms with Crippen molar-refractivity contribution in [1.29, 1.82) is 0 Å². The van der Waals surface area contributed by atoms with Crippen molar-refractivity contribution >= 4 is 22.9 Å². The first-order chi connectivity index (χ1) is 11.8. The number of nitrogens with zero attached hydrogens (tertiary/aromatic N) is 1. The van der Waals surface area contributed by atoms with Gasteiger partial charge in [0.05, 0.1) is 19.1 Å². The topological polar surface area (TPSA) is 43.3 Å². The van der Waals surface area contributed by atoms with Crippen molar-refractivity contribution in [3.8, 4) is 5.75 Å². The predicted octanol–water partition coefficient (Wildman–Crippen LogP) is 4.57. The van der Waals surface area contributed by atoms with Gasteiger partial charge >= 0.3 is 0 Å². The SMILES string of the molecule is CCOc1ccc(NC(=O)CC(c2cccs2)n2cccc2)cc1. The minimum absolute atomic E-state index is 0.00809. The summed E-state index contributed by atoms with van der Waals surface area (Å²) < 4.78 is 7.49. The number of benzene rings is 1. The van der Waals surface area contributed by atoms with Crippen molar-refractivity contribution in [2.75, 3.05) is 11.9 Å². The molecule has 0 spiro atoms. The van der Waals surface area contributed by atoms with E-state index in [-0.39, 0.29) is 11.9 Å². The summed E-state index contributed by atoms with van der Waals surface area (Å²) in [5.74, 6) is 0.797. The molecule has 0 saturated heterocycles. The summed E-state index contributed by atoms with van der Waals surface area (Å²) in [4.78, 5) is 13.6. The van der Waals surface area contributed by atoms with Gasteiger partial charge in [-0.3, -0.25) is 4.79 Å². The Labute approximate surface area is 145 Å². The summed E-state index contributed by atoms with van der Waals surface area (Å²) in [5.41, 5.74) is 0.779. The van der Waals surface area contributed by atoms with E-state index in [0.29, 0.717) is 13.0 Å². The molecule has 1 aromatic carbocycles. The molecule has 2 heterocycles. The minimum atomic E-state index is -0.00809. The Kier molecular flexibility index (Phi) is 5.33. The van der Waals surface area contributed by atoms with Crippen LogP contribution in [0.3, 0.4) is 0 Å². The standard InChI is InChI=1S/C19H20N2O2S/c1-2-23-16-9-7-15(8-10-16)20-19(22)14-17(18-6-5-13-24-18)21-11-3-4-12-21/h3-13,17H,2,14H2,1H3,(H,20,22). The van der Waals surface area contributed by atoms with Gasteiger partial charge in [0, 0.05) is 23.0 Å². The summed E-state index contributed by atoms with van der Waals surface area (Å²) >= 11 is 1.67. The van der Waals surface area contributed by atoms with E-state index in [1.54, 1.807) is 11.3 Å². The Balaban J connectivity index is 1.67. The van der Waals surface area contributed by atoms with Crippen molar-refractivity contribution in [2.45, 2.75) is 19.4 Å². The number of rotatable bonds is 7. The molecule has 0 bridgehead atoms. The average molecular weight is 340 g/mol. The van der Waals surface area contributed by atoms with Crippen LogP contribution in [0.1, 0.15) is 24.3 Å². The van der Waals surface area contributed by atoms with Gasteiger partial charge in [0.25, 0.3) is 0 Å². The average Bonchev–Trinajstić information content (AvgIpc) is 3.29. The fraction of sp³-hybridized carbons (Fsp3) is 0.211. The van der Waals surface area contributed by atoms with E-state index in [1.807, 2.05) is 67.2 Å². The highest BCUT2D eigenvalue weighted by Crippen LogP contribution is 2.27. The summed E-state index contributed by atoms with van der Waals surface area (Å²) in [6.45, 7) is 2.58. The first-order valence-corrected chi connectivity index (χ1v) is 8.83. The second-order valence-corrected chi connectivity index (χ2v) is 6.35. The molecule has 5 heteroatoms. The number of ether oxygens (including phenoxy) is 1. The van der Waals surface area contributed by atoms with Crippen LogP contribution in [0.4, 0.5) is 5.69 Å². The molecule has 0 radical (unpaired) electrons. The lowest BCUT2D eigenvalue weighted by Crippen LogP contribution is -2.19. The first kappa shape index (κ1) is 16.3. The van der Waals surface area contributed by atoms with Gasteiger partial charge in [-0.2, -0.15) is 0 Å². The first-order valence-electron chi connectivity index (χ1n) is 7.95. The number of anilines is 1. The van der Waals surface area contributed by atoms with Gasteiger partial charge in [-0.15, -0.1) is 11.3 Å². The predicted molar refractivity (Wildman–Crippen MR) is 97.7 cm³/mol. The highest BCUT2D eigenvalue weighted by atomic mass is 32.1. The minimum Gasteiger partial charge on any atom is -0.494 e. The molecule has 1 unspecified atom stereocenters. The summed E-state index contributed by atoms with van der Waals surface area (Å²) in [5, 5.41) is 5.00. The molecule has 4 nitrogen and oxygen atoms in total. The summed E-state index contributed by atoms with van der Waals surface area (Å²) in [6, 6.07) is 15.5. The number of thiophene rings is 1. The van der Waals surface area contributed by atoms with Crippen LogP contribution in [0.25, 0.3) is 0 Å². The Bertz CT molecular complexity index is 715. The monoisotopic (exact) mass is 340 g/mol. The van der Waals surface area contributed by atoms with E-state index in [9.17, 15) is 4.79 Å². The molecule has 0 saturated carbocycles. The molecular weight excluding hydrogens is 320 g/mol. The van der Waals surface area contributed by atoms with Crippen molar-refractivity contribution < 1.29 is 9.53 Å². The van der Waals surface area contributed by atoms with Crippen molar-refractivity contribution in [3.05, 3.63) is 71.2 Å². The van der Waals surface area contributed by atoms with Gasteiger partial charge in [0.2, 0.25) is 5.91 Å². The van der Waals surface area contributed by atoms with Crippen LogP contribution in [0.5, 0.6) is 5.75 Å². The molecule has 2 aromatic heterocycles. The normalized spacial score (nSPS) is 11.9. The molecule has 0 aliphatic rings. The Morgan fingerprint density at radius 1 is 1.17 bits per heavy atom. The largest absolute Gasteiger partial charge is 0.494 e. The lowest BCUT2D eigenvalue weighted by molar-refractivity contribution is -0.116. The fourth-order valence-electron chi connectivity index (χ4n) is 2.58. The second kappa shape index (κ2) is 7.84. The molecule has 1 N–H and O–H groups in total. The Morgan fingerprint density at radius 3 is 2.54 bits per heavy atom. The zero-order valence-electron chi connectivity index (χ0n) is 13.5. The van der Waals surface area contributed by atoms with E-state index in [4.69, 9.17) is 4.74 Å². The van der Waals surface area contributed by atoms with Gasteiger partial charge in [0.15, 0.2) is 0 Å². The second-order valence-electron chi connectivity index (χ2n) is 5.37. The molecule has 0 aliphatic heterocycles. The molecule has 24 heavy (non-hydrogen) atoms. The summed E-state index contributed by atoms with van der Waals surface area (Å²) in [7, 11) is 0. The van der Waals surface area contributed by atoms with Gasteiger partial charge in [-0.25, -0.2) is 0 Å². The third-order valence-electron chi connectivity index (χ3n) is 3.69. The van der Waals surface area contributed by atoms with Gasteiger partial charge in [-0.1, -0.05) is 6.07 Å². The molecule has 0 aliphatic carbocycles. The van der Waals surface area contributed by atoms with E-state index in [2.05, 4.69) is 16.0 Å². The number of nitrogens with one attached hydrogen (secondary N) is 1. The maximum Gasteiger partial charge on any atom is 0.226 e. The number of aromatic nitrogens is 1. The van der Waals surface area contributed by atoms with Crippen molar-refractivity contribution in [3.63, 3.8) is 0 Å². The lowest BCUT2D eigenvalue weighted by Gasteiger charge is -2.17. The van der Waals surface area contributed by atoms with Gasteiger partial charge in [0.1, 0.15) is 5.75 Å². The van der Waals surface area contributed by atoms with Crippen molar-refractivity contribution in [2.24, 2.45) is 0 Å². The molecular formula is C19H20N2O2S. The zero-order valence-corrected chi connectivity index (χ0v) is 14.3. The van der Waals surface area contributed by atoms with E-state index in [1.165, 1.54) is 4.88 Å². The van der Waals surface area contributed by atoms with Gasteiger partial charge in [-0.05, 0) is 54.8 Å². The maximum absolute atomic E-state index is 12.5. The smallest absolute Gasteiger partial charge is 0.226 e. The fourth-order valence-corrected chi connectivity index (χ4v) is 3.41. The van der Waals surface area contributed by atoms with Crippen molar-refractivity contribution in [1.82, 2.24) is 4.57 Å². The third kappa shape index (κ3) is 4.06. The molecule has 1 atom stereocenters. The number of hydrogen-bond donors (Lipinski definition) is 1. The van der Waals surface area contributed by atoms with E-state index >= 15 is 0 Å². The van der Waals surface area contributed by atoms with Gasteiger partial charge < -0.3 is 14.6 Å². The van der Waals surface area contributed by atoms with E-state index < -0.39 is 0 Å². The molecule has 124 valence electrons. The molecule has 3 rings (SSSR count). The van der Waals surface area contributed by atoms with Crippen LogP contribution in [0, 0.1) is 0 Å². The molecule has 0 fully saturated rings. The maximum atomic E-state index is 12.5. The number of hydrogen-bond acceptors (Lipinski definition) is 3. The number of amides is 1. The van der Waals surface area contributed by atoms with Crippen LogP contribution in [-0.4, -0.2) is 17.1 Å². The quantitative estimate of drug-likeness (QED) is 0.685. The van der Waals surface area contributed by atoms with Crippen LogP contribution < -0.4 is 10.1 Å². The van der Waals surface area contributed by atoms with Crippen LogP contribution in [0.2, 0.25) is 0 Å². The molecule has 3 aromatic rings. The van der Waals surface area contributed by atoms with Crippen LogP contribution in [0.15, 0.2) is 66.3 Å². The number of carbonyl (C=O) groups excluding carboxylic acids is 1. The van der Waals surface area contributed by atoms with Crippen LogP contribution >= 0.6 is 11.3 Å². The summed E-state index contributed by atoms with van der Waals surface area (Å²) in [6.07, 6.45) is 4.38. The Morgan fingerprint density at radius 2 is 1.92 bits per heavy atom. The molecule has 1 amide bonds.